The maximum Gasteiger partial charge on any atom is 0.303 e. The minimum Gasteiger partial charge on any atom is -0.481 e. The second-order valence-corrected chi connectivity index (χ2v) is 3.57. The number of nitrogens with zero attached hydrogens (tertiary/aromatic N) is 1. The van der Waals surface area contributed by atoms with Gasteiger partial charge in [-0.15, -0.1) is 0 Å². The highest BCUT2D eigenvalue weighted by molar-refractivity contribution is 5.84. The third-order valence-corrected chi connectivity index (χ3v) is 2.45. The highest BCUT2D eigenvalue weighted by Gasteiger charge is 2.07. The minimum atomic E-state index is -0.787. The number of aromatic nitrogens is 2. The SMILES string of the molecule is Cc1cccc2c(CCC(=O)O)[nH]nc12. The van der Waals surface area contributed by atoms with Gasteiger partial charge in [-0.3, -0.25) is 9.89 Å². The maximum absolute atomic E-state index is 10.5. The highest BCUT2D eigenvalue weighted by Crippen LogP contribution is 2.19. The third-order valence-electron chi connectivity index (χ3n) is 2.45. The summed E-state index contributed by atoms with van der Waals surface area (Å²) in [7, 11) is 0. The second kappa shape index (κ2) is 3.73. The molecule has 0 fully saturated rings. The fourth-order valence-corrected chi connectivity index (χ4v) is 1.66. The van der Waals surface area contributed by atoms with E-state index in [2.05, 4.69) is 10.2 Å². The Labute approximate surface area is 86.9 Å². The smallest absolute Gasteiger partial charge is 0.303 e. The van der Waals surface area contributed by atoms with Crippen molar-refractivity contribution in [2.24, 2.45) is 0 Å². The number of aromatic amines is 1. The average Bonchev–Trinajstić information content (AvgIpc) is 2.59. The summed E-state index contributed by atoms with van der Waals surface area (Å²) >= 11 is 0. The molecule has 4 nitrogen and oxygen atoms in total. The molecule has 78 valence electrons. The van der Waals surface area contributed by atoms with Crippen LogP contribution in [0.4, 0.5) is 0 Å². The van der Waals surface area contributed by atoms with E-state index in [4.69, 9.17) is 5.11 Å². The summed E-state index contributed by atoms with van der Waals surface area (Å²) in [6.07, 6.45) is 0.626. The van der Waals surface area contributed by atoms with Gasteiger partial charge in [-0.1, -0.05) is 18.2 Å². The van der Waals surface area contributed by atoms with Crippen LogP contribution >= 0.6 is 0 Å². The van der Waals surface area contributed by atoms with Gasteiger partial charge in [0, 0.05) is 17.5 Å². The molecule has 2 aromatic rings. The van der Waals surface area contributed by atoms with E-state index >= 15 is 0 Å². The van der Waals surface area contributed by atoms with E-state index in [1.165, 1.54) is 0 Å². The summed E-state index contributed by atoms with van der Waals surface area (Å²) in [4.78, 5) is 10.5. The normalized spacial score (nSPS) is 10.7. The Balaban J connectivity index is 2.37. The Morgan fingerprint density at radius 2 is 2.33 bits per heavy atom. The van der Waals surface area contributed by atoms with Crippen LogP contribution in [0.1, 0.15) is 17.7 Å². The molecule has 0 amide bonds. The van der Waals surface area contributed by atoms with Crippen LogP contribution in [0.5, 0.6) is 0 Å². The first kappa shape index (κ1) is 9.71. The monoisotopic (exact) mass is 204 g/mol. The van der Waals surface area contributed by atoms with Gasteiger partial charge in [-0.25, -0.2) is 0 Å². The van der Waals surface area contributed by atoms with Crippen LogP contribution in [0.25, 0.3) is 10.9 Å². The van der Waals surface area contributed by atoms with Gasteiger partial charge >= 0.3 is 5.97 Å². The Morgan fingerprint density at radius 1 is 1.53 bits per heavy atom. The van der Waals surface area contributed by atoms with E-state index in [-0.39, 0.29) is 6.42 Å². The zero-order valence-electron chi connectivity index (χ0n) is 8.45. The zero-order valence-corrected chi connectivity index (χ0v) is 8.45. The Bertz CT molecular complexity index is 502. The summed E-state index contributed by atoms with van der Waals surface area (Å²) in [5.74, 6) is -0.787. The molecule has 1 aromatic heterocycles. The number of para-hydroxylation sites is 1. The minimum absolute atomic E-state index is 0.130. The summed E-state index contributed by atoms with van der Waals surface area (Å²) in [6.45, 7) is 1.99. The third kappa shape index (κ3) is 1.83. The molecule has 15 heavy (non-hydrogen) atoms. The van der Waals surface area contributed by atoms with E-state index in [1.54, 1.807) is 0 Å². The zero-order chi connectivity index (χ0) is 10.8. The van der Waals surface area contributed by atoms with E-state index < -0.39 is 5.97 Å². The first-order chi connectivity index (χ1) is 7.18. The molecule has 0 saturated carbocycles. The molecule has 2 N–H and O–H groups in total. The second-order valence-electron chi connectivity index (χ2n) is 3.57. The van der Waals surface area contributed by atoms with Crippen molar-refractivity contribution in [3.63, 3.8) is 0 Å². The fourth-order valence-electron chi connectivity index (χ4n) is 1.66. The van der Waals surface area contributed by atoms with Gasteiger partial charge in [0.2, 0.25) is 0 Å². The molecule has 0 unspecified atom stereocenters. The number of nitrogens with one attached hydrogen (secondary N) is 1. The van der Waals surface area contributed by atoms with Gasteiger partial charge in [0.15, 0.2) is 0 Å². The molecular weight excluding hydrogens is 192 g/mol. The Hall–Kier alpha value is -1.84. The largest absolute Gasteiger partial charge is 0.481 e. The summed E-state index contributed by atoms with van der Waals surface area (Å²) in [6, 6.07) is 5.91. The number of carboxylic acids is 1. The van der Waals surface area contributed by atoms with Gasteiger partial charge in [0.1, 0.15) is 0 Å². The summed E-state index contributed by atoms with van der Waals surface area (Å²) in [5.41, 5.74) is 2.93. The number of benzene rings is 1. The summed E-state index contributed by atoms with van der Waals surface area (Å²) in [5, 5.41) is 16.7. The van der Waals surface area contributed by atoms with Crippen molar-refractivity contribution in [2.45, 2.75) is 19.8 Å². The molecule has 0 aliphatic heterocycles. The van der Waals surface area contributed by atoms with E-state index in [0.29, 0.717) is 6.42 Å². The van der Waals surface area contributed by atoms with Crippen molar-refractivity contribution in [1.82, 2.24) is 10.2 Å². The number of aliphatic carboxylic acids is 1. The number of fused-ring (bicyclic) bond motifs is 1. The predicted molar refractivity (Wildman–Crippen MR) is 56.8 cm³/mol. The number of H-pyrrole nitrogens is 1. The van der Waals surface area contributed by atoms with Gasteiger partial charge in [-0.05, 0) is 12.5 Å². The molecule has 0 bridgehead atoms. The van der Waals surface area contributed by atoms with Gasteiger partial charge < -0.3 is 5.11 Å². The number of carboxylic acid groups (broad SMARTS) is 1. The lowest BCUT2D eigenvalue weighted by atomic mass is 10.1. The van der Waals surface area contributed by atoms with Crippen molar-refractivity contribution in [3.05, 3.63) is 29.5 Å². The Kier molecular flexibility index (Phi) is 2.41. The molecule has 0 aliphatic rings. The Morgan fingerprint density at radius 3 is 3.07 bits per heavy atom. The van der Waals surface area contributed by atoms with Crippen molar-refractivity contribution in [2.75, 3.05) is 0 Å². The lowest BCUT2D eigenvalue weighted by molar-refractivity contribution is -0.136. The van der Waals surface area contributed by atoms with Gasteiger partial charge in [0.25, 0.3) is 0 Å². The molecular formula is C11H12N2O2. The topological polar surface area (TPSA) is 66.0 Å². The summed E-state index contributed by atoms with van der Waals surface area (Å²) < 4.78 is 0. The molecule has 0 spiro atoms. The first-order valence-corrected chi connectivity index (χ1v) is 4.83. The van der Waals surface area contributed by atoms with Crippen molar-refractivity contribution < 1.29 is 9.90 Å². The van der Waals surface area contributed by atoms with Crippen LogP contribution in [0.3, 0.4) is 0 Å². The molecule has 1 aromatic carbocycles. The van der Waals surface area contributed by atoms with Crippen LogP contribution in [-0.4, -0.2) is 21.3 Å². The number of hydrogen-bond donors (Lipinski definition) is 2. The first-order valence-electron chi connectivity index (χ1n) is 4.83. The molecule has 0 radical (unpaired) electrons. The van der Waals surface area contributed by atoms with Crippen molar-refractivity contribution in [3.8, 4) is 0 Å². The number of hydrogen-bond acceptors (Lipinski definition) is 2. The highest BCUT2D eigenvalue weighted by atomic mass is 16.4. The average molecular weight is 204 g/mol. The van der Waals surface area contributed by atoms with Crippen molar-refractivity contribution in [1.29, 1.82) is 0 Å². The van der Waals surface area contributed by atoms with Crippen LogP contribution in [0, 0.1) is 6.92 Å². The lowest BCUT2D eigenvalue weighted by Crippen LogP contribution is -1.97. The molecule has 1 heterocycles. The molecule has 4 heteroatoms. The maximum atomic E-state index is 10.5. The molecule has 2 rings (SSSR count). The number of aryl methyl sites for hydroxylation is 2. The van der Waals surface area contributed by atoms with Gasteiger partial charge in [0.05, 0.1) is 11.9 Å². The van der Waals surface area contributed by atoms with Crippen LogP contribution in [-0.2, 0) is 11.2 Å². The van der Waals surface area contributed by atoms with E-state index in [1.807, 2.05) is 25.1 Å². The fraction of sp³-hybridized carbons (Fsp3) is 0.273. The van der Waals surface area contributed by atoms with Crippen LogP contribution in [0.15, 0.2) is 18.2 Å². The predicted octanol–water partition coefficient (Wildman–Crippen LogP) is 1.89. The van der Waals surface area contributed by atoms with Crippen LogP contribution in [0.2, 0.25) is 0 Å². The van der Waals surface area contributed by atoms with E-state index in [9.17, 15) is 4.79 Å². The molecule has 0 saturated heterocycles. The molecule has 0 atom stereocenters. The molecule has 0 aliphatic carbocycles. The number of carbonyl (C=O) groups is 1. The standard InChI is InChI=1S/C11H12N2O2/c1-7-3-2-4-8-9(5-6-10(14)15)12-13-11(7)8/h2-4H,5-6H2,1H3,(H,12,13)(H,14,15). The van der Waals surface area contributed by atoms with E-state index in [0.717, 1.165) is 22.2 Å². The quantitative estimate of drug-likeness (QED) is 0.802. The van der Waals surface area contributed by atoms with Gasteiger partial charge in [-0.2, -0.15) is 5.10 Å². The lowest BCUT2D eigenvalue weighted by Gasteiger charge is -1.96. The van der Waals surface area contributed by atoms with Crippen molar-refractivity contribution >= 4 is 16.9 Å². The number of rotatable bonds is 3. The van der Waals surface area contributed by atoms with Crippen LogP contribution < -0.4 is 0 Å².